The van der Waals surface area contributed by atoms with Crippen LogP contribution in [0, 0.1) is 11.3 Å². The molecule has 18 heavy (non-hydrogen) atoms. The van der Waals surface area contributed by atoms with Gasteiger partial charge >= 0.3 is 5.97 Å². The summed E-state index contributed by atoms with van der Waals surface area (Å²) in [5.74, 6) is -1.18. The molecule has 0 saturated carbocycles. The number of amides is 1. The normalized spacial score (nSPS) is 19.4. The van der Waals surface area contributed by atoms with Crippen LogP contribution in [0.3, 0.4) is 0 Å². The van der Waals surface area contributed by atoms with E-state index in [1.807, 2.05) is 6.07 Å². The number of carboxylic acid groups (broad SMARTS) is 1. The first-order valence-electron chi connectivity index (χ1n) is 5.68. The van der Waals surface area contributed by atoms with Gasteiger partial charge in [0.1, 0.15) is 6.04 Å². The Morgan fingerprint density at radius 1 is 1.39 bits per heavy atom. The highest BCUT2D eigenvalue weighted by molar-refractivity contribution is 6.00. The third-order valence-electron chi connectivity index (χ3n) is 3.01. The summed E-state index contributed by atoms with van der Waals surface area (Å²) in [6, 6.07) is 7.55. The molecule has 5 heteroatoms. The van der Waals surface area contributed by atoms with E-state index in [0.717, 1.165) is 0 Å². The highest BCUT2D eigenvalue weighted by Crippen LogP contribution is 2.26. The van der Waals surface area contributed by atoms with Crippen molar-refractivity contribution in [1.29, 1.82) is 5.26 Å². The lowest BCUT2D eigenvalue weighted by atomic mass is 10.0. The molecule has 92 valence electrons. The van der Waals surface area contributed by atoms with Crippen LogP contribution >= 0.6 is 0 Å². The molecule has 1 aromatic carbocycles. The van der Waals surface area contributed by atoms with Crippen LogP contribution in [-0.4, -0.2) is 23.0 Å². The summed E-state index contributed by atoms with van der Waals surface area (Å²) in [5, 5.41) is 17.8. The lowest BCUT2D eigenvalue weighted by Crippen LogP contribution is -2.48. The van der Waals surface area contributed by atoms with Crippen molar-refractivity contribution in [2.24, 2.45) is 0 Å². The molecule has 0 aromatic heterocycles. The van der Waals surface area contributed by atoms with E-state index in [1.54, 1.807) is 24.3 Å². The lowest BCUT2D eigenvalue weighted by molar-refractivity contribution is -0.141. The molecule has 0 unspecified atom stereocenters. The van der Waals surface area contributed by atoms with E-state index in [4.69, 9.17) is 10.4 Å². The molecule has 1 atom stereocenters. The fraction of sp³-hybridized carbons (Fsp3) is 0.308. The van der Waals surface area contributed by atoms with E-state index < -0.39 is 12.0 Å². The van der Waals surface area contributed by atoms with E-state index in [-0.39, 0.29) is 5.91 Å². The van der Waals surface area contributed by atoms with Gasteiger partial charge < -0.3 is 5.11 Å². The number of carbonyl (C=O) groups is 2. The second-order valence-electron chi connectivity index (χ2n) is 4.17. The number of benzene rings is 1. The van der Waals surface area contributed by atoms with Gasteiger partial charge in [-0.25, -0.2) is 4.79 Å². The Bertz CT molecular complexity index is 516. The highest BCUT2D eigenvalue weighted by Gasteiger charge is 2.34. The second kappa shape index (κ2) is 4.88. The monoisotopic (exact) mass is 244 g/mol. The first-order valence-corrected chi connectivity index (χ1v) is 5.68. The summed E-state index contributed by atoms with van der Waals surface area (Å²) in [7, 11) is 0. The Hall–Kier alpha value is -2.35. The van der Waals surface area contributed by atoms with E-state index >= 15 is 0 Å². The van der Waals surface area contributed by atoms with Crippen LogP contribution in [0.4, 0.5) is 5.69 Å². The number of carbonyl (C=O) groups excluding carboxylic acids is 1. The van der Waals surface area contributed by atoms with E-state index in [9.17, 15) is 9.59 Å². The van der Waals surface area contributed by atoms with Crippen LogP contribution in [-0.2, 0) is 9.59 Å². The Kier molecular flexibility index (Phi) is 3.28. The molecule has 1 saturated heterocycles. The van der Waals surface area contributed by atoms with Crippen molar-refractivity contribution in [1.82, 2.24) is 0 Å². The summed E-state index contributed by atoms with van der Waals surface area (Å²) in [6.07, 6.45) is 1.42. The molecule has 0 bridgehead atoms. The van der Waals surface area contributed by atoms with Gasteiger partial charge in [0.2, 0.25) is 5.91 Å². The van der Waals surface area contributed by atoms with Gasteiger partial charge in [0.15, 0.2) is 0 Å². The molecule has 0 aliphatic carbocycles. The summed E-state index contributed by atoms with van der Waals surface area (Å²) < 4.78 is 0. The summed E-state index contributed by atoms with van der Waals surface area (Å²) in [6.45, 7) is 0. The minimum atomic E-state index is -0.993. The molecular weight excluding hydrogens is 232 g/mol. The fourth-order valence-corrected chi connectivity index (χ4v) is 2.12. The molecule has 1 heterocycles. The third-order valence-corrected chi connectivity index (χ3v) is 3.01. The van der Waals surface area contributed by atoms with Gasteiger partial charge in [0.05, 0.1) is 11.6 Å². The van der Waals surface area contributed by atoms with Gasteiger partial charge in [-0.15, -0.1) is 0 Å². The Labute approximate surface area is 104 Å². The minimum absolute atomic E-state index is 0.182. The van der Waals surface area contributed by atoms with Gasteiger partial charge in [0.25, 0.3) is 0 Å². The standard InChI is InChI=1S/C13H12N2O3/c14-8-9-4-6-10(7-5-9)15-11(13(17)18)2-1-3-12(15)16/h4-7,11H,1-3H2,(H,17,18)/t11-/m0/s1. The zero-order valence-electron chi connectivity index (χ0n) is 9.67. The Balaban J connectivity index is 2.34. The van der Waals surface area contributed by atoms with Gasteiger partial charge in [0, 0.05) is 12.1 Å². The predicted molar refractivity (Wildman–Crippen MR) is 63.9 cm³/mol. The van der Waals surface area contributed by atoms with E-state index in [1.165, 1.54) is 4.90 Å². The van der Waals surface area contributed by atoms with Gasteiger partial charge in [-0.3, -0.25) is 9.69 Å². The third kappa shape index (κ3) is 2.18. The largest absolute Gasteiger partial charge is 0.480 e. The average Bonchev–Trinajstić information content (AvgIpc) is 2.38. The number of anilines is 1. The number of hydrogen-bond donors (Lipinski definition) is 1. The van der Waals surface area contributed by atoms with Crippen molar-refractivity contribution < 1.29 is 14.7 Å². The number of carboxylic acids is 1. The first-order chi connectivity index (χ1) is 8.63. The van der Waals surface area contributed by atoms with Crippen LogP contribution < -0.4 is 4.90 Å². The van der Waals surface area contributed by atoms with Crippen molar-refractivity contribution in [3.05, 3.63) is 29.8 Å². The van der Waals surface area contributed by atoms with Gasteiger partial charge in [-0.05, 0) is 37.1 Å². The molecule has 1 aliphatic heterocycles. The van der Waals surface area contributed by atoms with Crippen LogP contribution in [0.15, 0.2) is 24.3 Å². The summed E-state index contributed by atoms with van der Waals surface area (Å²) >= 11 is 0. The van der Waals surface area contributed by atoms with Gasteiger partial charge in [-0.1, -0.05) is 0 Å². The number of nitriles is 1. The molecule has 5 nitrogen and oxygen atoms in total. The fourth-order valence-electron chi connectivity index (χ4n) is 2.12. The SMILES string of the molecule is N#Cc1ccc(N2C(=O)CCC[C@H]2C(=O)O)cc1. The van der Waals surface area contributed by atoms with Gasteiger partial charge in [-0.2, -0.15) is 5.26 Å². The zero-order chi connectivity index (χ0) is 13.1. The number of rotatable bonds is 2. The number of hydrogen-bond acceptors (Lipinski definition) is 3. The average molecular weight is 244 g/mol. The van der Waals surface area contributed by atoms with Crippen LogP contribution in [0.5, 0.6) is 0 Å². The maximum atomic E-state index is 11.9. The molecule has 1 fully saturated rings. The summed E-state index contributed by atoms with van der Waals surface area (Å²) in [4.78, 5) is 24.3. The Morgan fingerprint density at radius 2 is 2.06 bits per heavy atom. The molecule has 1 aromatic rings. The van der Waals surface area contributed by atoms with Crippen LogP contribution in [0.2, 0.25) is 0 Å². The highest BCUT2D eigenvalue weighted by atomic mass is 16.4. The first kappa shape index (κ1) is 12.1. The Morgan fingerprint density at radius 3 is 2.61 bits per heavy atom. The topological polar surface area (TPSA) is 81.4 Å². The van der Waals surface area contributed by atoms with Crippen molar-refractivity contribution in [3.63, 3.8) is 0 Å². The smallest absolute Gasteiger partial charge is 0.326 e. The zero-order valence-corrected chi connectivity index (χ0v) is 9.67. The number of aliphatic carboxylic acids is 1. The summed E-state index contributed by atoms with van der Waals surface area (Å²) in [5.41, 5.74) is 1.01. The molecule has 1 amide bonds. The van der Waals surface area contributed by atoms with E-state index in [2.05, 4.69) is 0 Å². The van der Waals surface area contributed by atoms with Crippen LogP contribution in [0.25, 0.3) is 0 Å². The maximum Gasteiger partial charge on any atom is 0.326 e. The van der Waals surface area contributed by atoms with E-state index in [0.29, 0.717) is 30.5 Å². The number of nitrogens with zero attached hydrogens (tertiary/aromatic N) is 2. The van der Waals surface area contributed by atoms with Crippen LogP contribution in [0.1, 0.15) is 24.8 Å². The van der Waals surface area contributed by atoms with Crippen molar-refractivity contribution >= 4 is 17.6 Å². The maximum absolute atomic E-state index is 11.9. The molecular formula is C13H12N2O3. The lowest BCUT2D eigenvalue weighted by Gasteiger charge is -2.32. The van der Waals surface area contributed by atoms with Crippen molar-refractivity contribution in [2.45, 2.75) is 25.3 Å². The second-order valence-corrected chi connectivity index (χ2v) is 4.17. The molecule has 0 radical (unpaired) electrons. The molecule has 0 spiro atoms. The molecule has 1 N–H and O–H groups in total. The van der Waals surface area contributed by atoms with Crippen molar-refractivity contribution in [3.8, 4) is 6.07 Å². The molecule has 1 aliphatic rings. The number of piperidine rings is 1. The molecule has 2 rings (SSSR count). The predicted octanol–water partition coefficient (Wildman–Crippen LogP) is 1.53. The minimum Gasteiger partial charge on any atom is -0.480 e. The van der Waals surface area contributed by atoms with Crippen molar-refractivity contribution in [2.75, 3.05) is 4.90 Å². The quantitative estimate of drug-likeness (QED) is 0.855.